The predicted molar refractivity (Wildman–Crippen MR) is 70.3 cm³/mol. The Kier molecular flexibility index (Phi) is 2.45. The van der Waals surface area contributed by atoms with Crippen LogP contribution in [0.3, 0.4) is 0 Å². The summed E-state index contributed by atoms with van der Waals surface area (Å²) in [6.45, 7) is 0. The van der Waals surface area contributed by atoms with Crippen molar-refractivity contribution in [3.63, 3.8) is 0 Å². The van der Waals surface area contributed by atoms with Crippen LogP contribution in [0.5, 0.6) is 0 Å². The number of aromatic nitrogens is 5. The van der Waals surface area contributed by atoms with Gasteiger partial charge >= 0.3 is 0 Å². The van der Waals surface area contributed by atoms with Crippen LogP contribution in [0.25, 0.3) is 16.9 Å². The van der Waals surface area contributed by atoms with Gasteiger partial charge in [-0.15, -0.1) is 5.10 Å². The lowest BCUT2D eigenvalue weighted by molar-refractivity contribution is 0.793. The summed E-state index contributed by atoms with van der Waals surface area (Å²) in [5.74, 6) is 0.485. The topological polar surface area (TPSA) is 82.5 Å². The molecule has 0 spiro atoms. The zero-order valence-corrected chi connectivity index (χ0v) is 10.0. The highest BCUT2D eigenvalue weighted by molar-refractivity contribution is 7.80. The Morgan fingerprint density at radius 3 is 2.78 bits per heavy atom. The highest BCUT2D eigenvalue weighted by Crippen LogP contribution is 2.15. The van der Waals surface area contributed by atoms with Gasteiger partial charge in [0.1, 0.15) is 16.2 Å². The Bertz CT molecular complexity index is 735. The number of hydrogen-bond acceptors (Lipinski definition) is 5. The van der Waals surface area contributed by atoms with Crippen molar-refractivity contribution < 1.29 is 0 Å². The normalized spacial score (nSPS) is 10.7. The van der Waals surface area contributed by atoms with E-state index in [2.05, 4.69) is 20.3 Å². The maximum absolute atomic E-state index is 5.63. The standard InChI is InChI=1S/C11H8N6S/c12-10(18)9-11(14-6-5-13-9)17-8-4-2-1-3-7(8)15-16-17/h1-6H,(H2,12,18). The molecule has 0 fully saturated rings. The SMILES string of the molecule is NC(=S)c1nccnc1-n1nnc2ccccc21. The molecule has 0 aliphatic carbocycles. The van der Waals surface area contributed by atoms with E-state index in [4.69, 9.17) is 18.0 Å². The molecule has 0 aliphatic rings. The Morgan fingerprint density at radius 1 is 1.17 bits per heavy atom. The van der Waals surface area contributed by atoms with Gasteiger partial charge in [-0.3, -0.25) is 0 Å². The van der Waals surface area contributed by atoms with Gasteiger partial charge in [0.25, 0.3) is 0 Å². The van der Waals surface area contributed by atoms with Crippen LogP contribution in [0.15, 0.2) is 36.7 Å². The molecule has 0 saturated carbocycles. The summed E-state index contributed by atoms with van der Waals surface area (Å²) in [6, 6.07) is 7.56. The van der Waals surface area contributed by atoms with Crippen LogP contribution in [-0.4, -0.2) is 30.0 Å². The molecule has 0 atom stereocenters. The molecule has 18 heavy (non-hydrogen) atoms. The third kappa shape index (κ3) is 1.61. The van der Waals surface area contributed by atoms with E-state index in [1.165, 1.54) is 6.20 Å². The summed E-state index contributed by atoms with van der Waals surface area (Å²) >= 11 is 4.96. The third-order valence-electron chi connectivity index (χ3n) is 2.46. The predicted octanol–water partition coefficient (Wildman–Crippen LogP) is 0.845. The van der Waals surface area contributed by atoms with Crippen LogP contribution in [0, 0.1) is 0 Å². The molecule has 0 amide bonds. The van der Waals surface area contributed by atoms with Gasteiger partial charge in [0.15, 0.2) is 5.82 Å². The van der Waals surface area contributed by atoms with Gasteiger partial charge in [0, 0.05) is 12.4 Å². The molecule has 0 bridgehead atoms. The molecule has 0 unspecified atom stereocenters. The zero-order chi connectivity index (χ0) is 12.5. The molecular formula is C11H8N6S. The molecule has 0 saturated heterocycles. The van der Waals surface area contributed by atoms with Crippen molar-refractivity contribution in [2.45, 2.75) is 0 Å². The number of para-hydroxylation sites is 1. The fourth-order valence-electron chi connectivity index (χ4n) is 1.68. The Labute approximate surface area is 107 Å². The fraction of sp³-hybridized carbons (Fsp3) is 0. The first-order chi connectivity index (χ1) is 8.77. The van der Waals surface area contributed by atoms with Gasteiger partial charge < -0.3 is 5.73 Å². The lowest BCUT2D eigenvalue weighted by Gasteiger charge is -2.05. The van der Waals surface area contributed by atoms with Crippen molar-refractivity contribution in [2.24, 2.45) is 5.73 Å². The van der Waals surface area contributed by atoms with Crippen molar-refractivity contribution in [2.75, 3.05) is 0 Å². The maximum Gasteiger partial charge on any atom is 0.184 e. The van der Waals surface area contributed by atoms with Crippen molar-refractivity contribution >= 4 is 28.2 Å². The second-order valence-corrected chi connectivity index (χ2v) is 4.02. The summed E-state index contributed by atoms with van der Waals surface area (Å²) in [4.78, 5) is 8.53. The van der Waals surface area contributed by atoms with E-state index in [1.807, 2.05) is 24.3 Å². The summed E-state index contributed by atoms with van der Waals surface area (Å²) in [6.07, 6.45) is 3.10. The van der Waals surface area contributed by atoms with E-state index >= 15 is 0 Å². The van der Waals surface area contributed by atoms with Crippen molar-refractivity contribution in [3.8, 4) is 5.82 Å². The van der Waals surface area contributed by atoms with Gasteiger partial charge in [-0.2, -0.15) is 4.68 Å². The molecule has 0 radical (unpaired) electrons. The summed E-state index contributed by atoms with van der Waals surface area (Å²) in [7, 11) is 0. The zero-order valence-electron chi connectivity index (χ0n) is 9.19. The van der Waals surface area contributed by atoms with Gasteiger partial charge in [0.2, 0.25) is 0 Å². The average Bonchev–Trinajstić information content (AvgIpc) is 2.82. The van der Waals surface area contributed by atoms with E-state index < -0.39 is 0 Å². The van der Waals surface area contributed by atoms with Crippen LogP contribution >= 0.6 is 12.2 Å². The molecule has 2 N–H and O–H groups in total. The second kappa shape index (κ2) is 4.11. The number of thiocarbonyl (C=S) groups is 1. The first-order valence-electron chi connectivity index (χ1n) is 5.19. The highest BCUT2D eigenvalue weighted by Gasteiger charge is 2.13. The Balaban J connectivity index is 2.30. The molecule has 7 heteroatoms. The summed E-state index contributed by atoms with van der Waals surface area (Å²) in [5.41, 5.74) is 7.67. The Morgan fingerprint density at radius 2 is 1.94 bits per heavy atom. The first-order valence-corrected chi connectivity index (χ1v) is 5.60. The average molecular weight is 256 g/mol. The van der Waals surface area contributed by atoms with Gasteiger partial charge in [-0.25, -0.2) is 9.97 Å². The molecule has 2 heterocycles. The maximum atomic E-state index is 5.63. The third-order valence-corrected chi connectivity index (χ3v) is 2.66. The molecular weight excluding hydrogens is 248 g/mol. The fourth-order valence-corrected chi connectivity index (χ4v) is 1.83. The number of hydrogen-bond donors (Lipinski definition) is 1. The Hall–Kier alpha value is -2.41. The van der Waals surface area contributed by atoms with E-state index in [1.54, 1.807) is 10.9 Å². The smallest absolute Gasteiger partial charge is 0.184 e. The highest BCUT2D eigenvalue weighted by atomic mass is 32.1. The van der Waals surface area contributed by atoms with Gasteiger partial charge in [-0.05, 0) is 12.1 Å². The van der Waals surface area contributed by atoms with E-state index in [0.717, 1.165) is 11.0 Å². The van der Waals surface area contributed by atoms with E-state index in [9.17, 15) is 0 Å². The molecule has 6 nitrogen and oxygen atoms in total. The van der Waals surface area contributed by atoms with Crippen LogP contribution in [-0.2, 0) is 0 Å². The van der Waals surface area contributed by atoms with Gasteiger partial charge in [-0.1, -0.05) is 29.6 Å². The van der Waals surface area contributed by atoms with Crippen molar-refractivity contribution in [1.82, 2.24) is 25.0 Å². The minimum absolute atomic E-state index is 0.178. The molecule has 2 aromatic heterocycles. The van der Waals surface area contributed by atoms with E-state index in [-0.39, 0.29) is 4.99 Å². The van der Waals surface area contributed by atoms with Crippen LogP contribution in [0.2, 0.25) is 0 Å². The largest absolute Gasteiger partial charge is 0.388 e. The minimum atomic E-state index is 0.178. The second-order valence-electron chi connectivity index (χ2n) is 3.58. The summed E-state index contributed by atoms with van der Waals surface area (Å²) < 4.78 is 1.58. The van der Waals surface area contributed by atoms with Crippen LogP contribution < -0.4 is 5.73 Å². The number of benzene rings is 1. The quantitative estimate of drug-likeness (QED) is 0.684. The lowest BCUT2D eigenvalue weighted by atomic mass is 10.3. The number of fused-ring (bicyclic) bond motifs is 1. The molecule has 3 rings (SSSR count). The number of nitrogens with zero attached hydrogens (tertiary/aromatic N) is 5. The molecule has 0 aliphatic heterocycles. The van der Waals surface area contributed by atoms with Gasteiger partial charge in [0.05, 0.1) is 5.52 Å². The number of nitrogens with two attached hydrogens (primary N) is 1. The monoisotopic (exact) mass is 256 g/mol. The summed E-state index contributed by atoms with van der Waals surface area (Å²) in [5, 5.41) is 8.11. The molecule has 3 aromatic rings. The van der Waals surface area contributed by atoms with E-state index in [0.29, 0.717) is 11.5 Å². The molecule has 1 aromatic carbocycles. The van der Waals surface area contributed by atoms with Crippen molar-refractivity contribution in [3.05, 3.63) is 42.4 Å². The number of rotatable bonds is 2. The van der Waals surface area contributed by atoms with Crippen LogP contribution in [0.4, 0.5) is 0 Å². The van der Waals surface area contributed by atoms with Crippen LogP contribution in [0.1, 0.15) is 5.69 Å². The lowest BCUT2D eigenvalue weighted by Crippen LogP contribution is -2.17. The van der Waals surface area contributed by atoms with Crippen molar-refractivity contribution in [1.29, 1.82) is 0 Å². The molecule has 88 valence electrons. The minimum Gasteiger partial charge on any atom is -0.388 e. The first kappa shape index (κ1) is 10.7.